The Kier molecular flexibility index (Phi) is 6.44. The summed E-state index contributed by atoms with van der Waals surface area (Å²) >= 11 is 0. The van der Waals surface area contributed by atoms with Crippen LogP contribution in [-0.2, 0) is 4.74 Å². The Hall–Kier alpha value is -0.960. The zero-order valence-corrected chi connectivity index (χ0v) is 14.7. The fourth-order valence-corrected chi connectivity index (χ4v) is 4.09. The summed E-state index contributed by atoms with van der Waals surface area (Å²) in [5.41, 5.74) is 1.34. The van der Waals surface area contributed by atoms with Crippen LogP contribution in [-0.4, -0.2) is 22.7 Å². The Balaban J connectivity index is 1.48. The lowest BCUT2D eigenvalue weighted by Crippen LogP contribution is -2.21. The lowest BCUT2D eigenvalue weighted by Gasteiger charge is -2.28. The Morgan fingerprint density at radius 3 is 2.26 bits per heavy atom. The molecule has 3 rings (SSSR count). The summed E-state index contributed by atoms with van der Waals surface area (Å²) in [4.78, 5) is 9.43. The molecule has 0 saturated heterocycles. The first-order chi connectivity index (χ1) is 11.4. The summed E-state index contributed by atoms with van der Waals surface area (Å²) in [6.45, 7) is 3.16. The second-order valence-corrected chi connectivity index (χ2v) is 7.41. The Morgan fingerprint density at radius 1 is 0.913 bits per heavy atom. The van der Waals surface area contributed by atoms with E-state index in [2.05, 4.69) is 19.3 Å². The molecule has 0 N–H and O–H groups in total. The maximum atomic E-state index is 5.97. The summed E-state index contributed by atoms with van der Waals surface area (Å²) in [6, 6.07) is 0. The summed E-state index contributed by atoms with van der Waals surface area (Å²) in [5.74, 6) is 2.34. The molecule has 1 aromatic rings. The molecule has 3 heteroatoms. The van der Waals surface area contributed by atoms with E-state index >= 15 is 0 Å². The van der Waals surface area contributed by atoms with Crippen LogP contribution in [0.3, 0.4) is 0 Å². The van der Waals surface area contributed by atoms with Gasteiger partial charge in [-0.15, -0.1) is 0 Å². The van der Waals surface area contributed by atoms with Gasteiger partial charge in [0.25, 0.3) is 0 Å². The molecule has 2 aliphatic carbocycles. The third-order valence-corrected chi connectivity index (χ3v) is 5.66. The van der Waals surface area contributed by atoms with Crippen molar-refractivity contribution in [3.8, 4) is 0 Å². The van der Waals surface area contributed by atoms with Crippen molar-refractivity contribution >= 4 is 0 Å². The minimum atomic E-state index is 0.486. The van der Waals surface area contributed by atoms with Gasteiger partial charge in [-0.05, 0) is 56.4 Å². The minimum absolute atomic E-state index is 0.486. The fraction of sp³-hybridized carbons (Fsp3) is 0.800. The molecule has 3 nitrogen and oxygen atoms in total. The van der Waals surface area contributed by atoms with Gasteiger partial charge in [-0.2, -0.15) is 0 Å². The molecule has 0 amide bonds. The van der Waals surface area contributed by atoms with E-state index in [4.69, 9.17) is 14.7 Å². The highest BCUT2D eigenvalue weighted by Crippen LogP contribution is 2.35. The van der Waals surface area contributed by atoms with Crippen LogP contribution >= 0.6 is 0 Å². The molecule has 23 heavy (non-hydrogen) atoms. The van der Waals surface area contributed by atoms with Gasteiger partial charge in [-0.1, -0.05) is 32.6 Å². The van der Waals surface area contributed by atoms with Gasteiger partial charge < -0.3 is 4.74 Å². The molecule has 0 atom stereocenters. The monoisotopic (exact) mass is 316 g/mol. The summed E-state index contributed by atoms with van der Waals surface area (Å²) in [5, 5.41) is 0. The van der Waals surface area contributed by atoms with Gasteiger partial charge in [0.15, 0.2) is 0 Å². The van der Waals surface area contributed by atoms with Crippen molar-refractivity contribution in [1.82, 2.24) is 9.97 Å². The van der Waals surface area contributed by atoms with Gasteiger partial charge in [-0.25, -0.2) is 9.97 Å². The number of ether oxygens (including phenoxy) is 1. The first kappa shape index (κ1) is 16.9. The van der Waals surface area contributed by atoms with Gasteiger partial charge >= 0.3 is 0 Å². The Bertz CT molecular complexity index is 445. The average molecular weight is 316 g/mol. The van der Waals surface area contributed by atoms with E-state index in [-0.39, 0.29) is 0 Å². The molecule has 0 radical (unpaired) electrons. The average Bonchev–Trinajstić information content (AvgIpc) is 2.63. The number of unbranched alkanes of at least 4 members (excludes halogenated alkanes) is 1. The van der Waals surface area contributed by atoms with Crippen LogP contribution in [0.5, 0.6) is 0 Å². The number of hydrogen-bond donors (Lipinski definition) is 0. The van der Waals surface area contributed by atoms with E-state index in [9.17, 15) is 0 Å². The highest BCUT2D eigenvalue weighted by molar-refractivity contribution is 5.14. The van der Waals surface area contributed by atoms with E-state index in [1.807, 2.05) is 0 Å². The predicted molar refractivity (Wildman–Crippen MR) is 93.7 cm³/mol. The molecule has 0 bridgehead atoms. The number of hydrogen-bond acceptors (Lipinski definition) is 3. The van der Waals surface area contributed by atoms with Crippen LogP contribution in [0.4, 0.5) is 0 Å². The van der Waals surface area contributed by atoms with Crippen molar-refractivity contribution < 1.29 is 4.74 Å². The first-order valence-electron chi connectivity index (χ1n) is 9.80. The molecular formula is C20H32N2O. The predicted octanol–water partition coefficient (Wildman–Crippen LogP) is 5.37. The molecule has 1 heterocycles. The maximum absolute atomic E-state index is 5.97. The highest BCUT2D eigenvalue weighted by atomic mass is 16.5. The summed E-state index contributed by atoms with van der Waals surface area (Å²) in [6.07, 6.45) is 18.6. The smallest absolute Gasteiger partial charge is 0.131 e. The molecule has 1 aromatic heterocycles. The highest BCUT2D eigenvalue weighted by Gasteiger charge is 2.24. The minimum Gasteiger partial charge on any atom is -0.378 e. The molecule has 0 aromatic carbocycles. The molecule has 2 fully saturated rings. The van der Waals surface area contributed by atoms with E-state index in [1.165, 1.54) is 76.2 Å². The second-order valence-electron chi connectivity index (χ2n) is 7.41. The number of rotatable bonds is 6. The molecule has 0 aliphatic heterocycles. The van der Waals surface area contributed by atoms with Crippen molar-refractivity contribution in [2.24, 2.45) is 0 Å². The molecule has 128 valence electrons. The second kappa shape index (κ2) is 8.77. The molecular weight excluding hydrogens is 284 g/mol. The Labute approximate surface area is 141 Å². The van der Waals surface area contributed by atoms with E-state index in [1.54, 1.807) is 0 Å². The zero-order valence-electron chi connectivity index (χ0n) is 14.7. The lowest BCUT2D eigenvalue weighted by atomic mass is 9.83. The standard InChI is InChI=1S/C20H32N2O/c1-2-3-13-23-19-11-9-16(10-12-19)18-14-21-20(22-15-18)17-7-5-4-6-8-17/h14-17,19H,2-13H2,1H3/t16-,19-. The van der Waals surface area contributed by atoms with Crippen LogP contribution in [0.25, 0.3) is 0 Å². The van der Waals surface area contributed by atoms with E-state index in [0.29, 0.717) is 17.9 Å². The van der Waals surface area contributed by atoms with Crippen LogP contribution in [0.1, 0.15) is 101 Å². The maximum Gasteiger partial charge on any atom is 0.131 e. The zero-order chi connectivity index (χ0) is 15.9. The fourth-order valence-electron chi connectivity index (χ4n) is 4.09. The molecule has 0 spiro atoms. The molecule has 2 aliphatic rings. The van der Waals surface area contributed by atoms with Crippen molar-refractivity contribution in [2.45, 2.75) is 95.5 Å². The van der Waals surface area contributed by atoms with Gasteiger partial charge in [-0.3, -0.25) is 0 Å². The van der Waals surface area contributed by atoms with Gasteiger partial charge in [0.05, 0.1) is 6.10 Å². The van der Waals surface area contributed by atoms with Crippen LogP contribution < -0.4 is 0 Å². The topological polar surface area (TPSA) is 35.0 Å². The van der Waals surface area contributed by atoms with Crippen LogP contribution in [0.15, 0.2) is 12.4 Å². The third-order valence-electron chi connectivity index (χ3n) is 5.66. The van der Waals surface area contributed by atoms with Gasteiger partial charge in [0.2, 0.25) is 0 Å². The molecule has 0 unspecified atom stereocenters. The van der Waals surface area contributed by atoms with E-state index < -0.39 is 0 Å². The van der Waals surface area contributed by atoms with Crippen molar-refractivity contribution in [3.05, 3.63) is 23.8 Å². The van der Waals surface area contributed by atoms with Crippen molar-refractivity contribution in [2.75, 3.05) is 6.61 Å². The van der Waals surface area contributed by atoms with Crippen molar-refractivity contribution in [3.63, 3.8) is 0 Å². The normalized spacial score (nSPS) is 26.3. The molecule has 2 saturated carbocycles. The van der Waals surface area contributed by atoms with Crippen LogP contribution in [0, 0.1) is 0 Å². The van der Waals surface area contributed by atoms with Gasteiger partial charge in [0.1, 0.15) is 5.82 Å². The number of aromatic nitrogens is 2. The van der Waals surface area contributed by atoms with Crippen molar-refractivity contribution in [1.29, 1.82) is 0 Å². The summed E-state index contributed by atoms with van der Waals surface area (Å²) in [7, 11) is 0. The first-order valence-corrected chi connectivity index (χ1v) is 9.80. The summed E-state index contributed by atoms with van der Waals surface area (Å²) < 4.78 is 5.97. The third kappa shape index (κ3) is 4.76. The number of nitrogens with zero attached hydrogens (tertiary/aromatic N) is 2. The Morgan fingerprint density at radius 2 is 1.61 bits per heavy atom. The quantitative estimate of drug-likeness (QED) is 0.662. The SMILES string of the molecule is CCCCO[C@H]1CC[C@H](c2cnc(C3CCCCC3)nc2)CC1. The van der Waals surface area contributed by atoms with Gasteiger partial charge in [0, 0.05) is 24.9 Å². The largest absolute Gasteiger partial charge is 0.378 e. The van der Waals surface area contributed by atoms with E-state index in [0.717, 1.165) is 12.4 Å². The van der Waals surface area contributed by atoms with Crippen LogP contribution in [0.2, 0.25) is 0 Å². The lowest BCUT2D eigenvalue weighted by molar-refractivity contribution is 0.0232.